The molecule has 0 spiro atoms. The molecular formula is C18H24N2O. The fourth-order valence-corrected chi connectivity index (χ4v) is 3.69. The summed E-state index contributed by atoms with van der Waals surface area (Å²) in [5, 5.41) is 4.39. The highest BCUT2D eigenvalue weighted by Crippen LogP contribution is 2.39. The van der Waals surface area contributed by atoms with Crippen LogP contribution in [0.15, 0.2) is 29.4 Å². The number of fused-ring (bicyclic) bond motifs is 1. The molecule has 2 saturated carbocycles. The van der Waals surface area contributed by atoms with Crippen molar-refractivity contribution >= 4 is 11.6 Å². The third kappa shape index (κ3) is 3.52. The minimum atomic E-state index is -0.103. The largest absolute Gasteiger partial charge is 0.271 e. The molecule has 2 atom stereocenters. The average molecular weight is 284 g/mol. The average Bonchev–Trinajstić information content (AvgIpc) is 2.53. The molecule has 21 heavy (non-hydrogen) atoms. The van der Waals surface area contributed by atoms with Gasteiger partial charge in [0, 0.05) is 11.3 Å². The van der Waals surface area contributed by atoms with E-state index in [4.69, 9.17) is 0 Å². The summed E-state index contributed by atoms with van der Waals surface area (Å²) in [4.78, 5) is 12.1. The summed E-state index contributed by atoms with van der Waals surface area (Å²) >= 11 is 0. The number of hydrogen-bond donors (Lipinski definition) is 1. The lowest BCUT2D eigenvalue weighted by Crippen LogP contribution is -2.29. The van der Waals surface area contributed by atoms with Crippen molar-refractivity contribution in [1.29, 1.82) is 0 Å². The topological polar surface area (TPSA) is 41.5 Å². The lowest BCUT2D eigenvalue weighted by Gasteiger charge is -2.35. The van der Waals surface area contributed by atoms with Crippen LogP contribution in [-0.2, 0) is 0 Å². The number of carbonyl (C=O) groups excluding carboxylic acids is 1. The highest BCUT2D eigenvalue weighted by molar-refractivity contribution is 5.95. The Balaban J connectivity index is 1.58. The Hall–Kier alpha value is -1.64. The van der Waals surface area contributed by atoms with Crippen molar-refractivity contribution in [2.45, 2.75) is 51.9 Å². The van der Waals surface area contributed by atoms with E-state index in [-0.39, 0.29) is 5.91 Å². The zero-order chi connectivity index (χ0) is 14.7. The molecule has 0 heterocycles. The number of amides is 1. The van der Waals surface area contributed by atoms with Crippen LogP contribution < -0.4 is 5.43 Å². The summed E-state index contributed by atoms with van der Waals surface area (Å²) < 4.78 is 0. The van der Waals surface area contributed by atoms with Crippen molar-refractivity contribution in [3.8, 4) is 0 Å². The van der Waals surface area contributed by atoms with Gasteiger partial charge in [0.1, 0.15) is 0 Å². The van der Waals surface area contributed by atoms with E-state index in [1.54, 1.807) is 0 Å². The van der Waals surface area contributed by atoms with Crippen LogP contribution >= 0.6 is 0 Å². The minimum absolute atomic E-state index is 0.103. The van der Waals surface area contributed by atoms with Crippen molar-refractivity contribution in [2.75, 3.05) is 0 Å². The van der Waals surface area contributed by atoms with E-state index >= 15 is 0 Å². The number of aryl methyl sites for hydroxylation is 1. The number of carbonyl (C=O) groups is 1. The first kappa shape index (κ1) is 14.3. The van der Waals surface area contributed by atoms with Crippen molar-refractivity contribution in [2.24, 2.45) is 16.9 Å². The monoisotopic (exact) mass is 284 g/mol. The number of hydrogen-bond acceptors (Lipinski definition) is 2. The van der Waals surface area contributed by atoms with Gasteiger partial charge < -0.3 is 0 Å². The van der Waals surface area contributed by atoms with Crippen molar-refractivity contribution in [3.63, 3.8) is 0 Å². The van der Waals surface area contributed by atoms with E-state index in [9.17, 15) is 4.79 Å². The van der Waals surface area contributed by atoms with E-state index in [0.29, 0.717) is 5.56 Å². The minimum Gasteiger partial charge on any atom is -0.267 e. The first-order chi connectivity index (χ1) is 10.2. The molecule has 3 heteroatoms. The second-order valence-corrected chi connectivity index (χ2v) is 6.53. The fourth-order valence-electron chi connectivity index (χ4n) is 3.69. The summed E-state index contributed by atoms with van der Waals surface area (Å²) in [6.07, 6.45) is 8.89. The van der Waals surface area contributed by atoms with Crippen LogP contribution in [0.4, 0.5) is 0 Å². The van der Waals surface area contributed by atoms with Crippen molar-refractivity contribution < 1.29 is 4.79 Å². The SMILES string of the molecule is Cc1ccc(C(=O)N/N=C2/CC[C@H]3CCCC[C@@H]3C2)cc1. The molecule has 0 bridgehead atoms. The predicted octanol–water partition coefficient (Wildman–Crippen LogP) is 4.07. The van der Waals surface area contributed by atoms with E-state index in [1.165, 1.54) is 37.8 Å². The van der Waals surface area contributed by atoms with Crippen molar-refractivity contribution in [3.05, 3.63) is 35.4 Å². The van der Waals surface area contributed by atoms with Gasteiger partial charge in [0.05, 0.1) is 0 Å². The molecule has 2 fully saturated rings. The molecule has 0 aliphatic heterocycles. The molecule has 0 radical (unpaired) electrons. The molecule has 0 aromatic heterocycles. The third-order valence-electron chi connectivity index (χ3n) is 5.00. The maximum Gasteiger partial charge on any atom is 0.271 e. The van der Waals surface area contributed by atoms with Crippen LogP contribution in [0.5, 0.6) is 0 Å². The van der Waals surface area contributed by atoms with Gasteiger partial charge >= 0.3 is 0 Å². The summed E-state index contributed by atoms with van der Waals surface area (Å²) in [5.41, 5.74) is 5.75. The van der Waals surface area contributed by atoms with E-state index in [1.807, 2.05) is 31.2 Å². The van der Waals surface area contributed by atoms with Gasteiger partial charge in [0.2, 0.25) is 0 Å². The van der Waals surface area contributed by atoms with Crippen LogP contribution in [-0.4, -0.2) is 11.6 Å². The molecule has 2 aliphatic carbocycles. The molecule has 2 aliphatic rings. The molecule has 1 aromatic rings. The highest BCUT2D eigenvalue weighted by Gasteiger charge is 2.30. The Morgan fingerprint density at radius 2 is 1.81 bits per heavy atom. The number of benzene rings is 1. The third-order valence-corrected chi connectivity index (χ3v) is 5.00. The predicted molar refractivity (Wildman–Crippen MR) is 85.4 cm³/mol. The molecule has 1 amide bonds. The molecule has 1 aromatic carbocycles. The van der Waals surface area contributed by atoms with Gasteiger partial charge in [-0.3, -0.25) is 4.79 Å². The molecule has 1 N–H and O–H groups in total. The normalized spacial score (nSPS) is 27.2. The maximum absolute atomic E-state index is 12.1. The quantitative estimate of drug-likeness (QED) is 0.817. The number of hydrazone groups is 1. The molecule has 112 valence electrons. The van der Waals surface area contributed by atoms with Gasteiger partial charge in [-0.05, 0) is 56.6 Å². The summed E-state index contributed by atoms with van der Waals surface area (Å²) in [7, 11) is 0. The zero-order valence-electron chi connectivity index (χ0n) is 12.8. The lowest BCUT2D eigenvalue weighted by atomic mass is 9.70. The second-order valence-electron chi connectivity index (χ2n) is 6.53. The summed E-state index contributed by atoms with van der Waals surface area (Å²) in [6, 6.07) is 7.61. The fraction of sp³-hybridized carbons (Fsp3) is 0.556. The Morgan fingerprint density at radius 1 is 1.10 bits per heavy atom. The smallest absolute Gasteiger partial charge is 0.267 e. The van der Waals surface area contributed by atoms with Gasteiger partial charge in [-0.1, -0.05) is 37.0 Å². The van der Waals surface area contributed by atoms with Crippen LogP contribution in [0.3, 0.4) is 0 Å². The van der Waals surface area contributed by atoms with Gasteiger partial charge in [-0.15, -0.1) is 0 Å². The highest BCUT2D eigenvalue weighted by atomic mass is 16.2. The standard InChI is InChI=1S/C18H24N2O/c1-13-6-8-15(9-7-13)18(21)20-19-17-11-10-14-4-2-3-5-16(14)12-17/h6-9,14,16H,2-5,10-12H2,1H3,(H,20,21)/b19-17-/t14-,16-/m1/s1. The van der Waals surface area contributed by atoms with Gasteiger partial charge in [-0.2, -0.15) is 5.10 Å². The van der Waals surface area contributed by atoms with Crippen LogP contribution in [0.25, 0.3) is 0 Å². The Labute approximate surface area is 126 Å². The molecule has 0 saturated heterocycles. The van der Waals surface area contributed by atoms with Crippen LogP contribution in [0.1, 0.15) is 60.9 Å². The number of rotatable bonds is 2. The van der Waals surface area contributed by atoms with Gasteiger partial charge in [0.15, 0.2) is 0 Å². The molecule has 0 unspecified atom stereocenters. The van der Waals surface area contributed by atoms with Crippen molar-refractivity contribution in [1.82, 2.24) is 5.43 Å². The molecule has 3 rings (SSSR count). The number of nitrogens with zero attached hydrogens (tertiary/aromatic N) is 1. The second kappa shape index (κ2) is 6.42. The molecule has 3 nitrogen and oxygen atoms in total. The summed E-state index contributed by atoms with van der Waals surface area (Å²) in [6.45, 7) is 2.02. The first-order valence-electron chi connectivity index (χ1n) is 8.15. The van der Waals surface area contributed by atoms with Crippen LogP contribution in [0.2, 0.25) is 0 Å². The Morgan fingerprint density at radius 3 is 2.57 bits per heavy atom. The van der Waals surface area contributed by atoms with E-state index < -0.39 is 0 Å². The Kier molecular flexibility index (Phi) is 4.37. The van der Waals surface area contributed by atoms with E-state index in [0.717, 1.165) is 30.2 Å². The lowest BCUT2D eigenvalue weighted by molar-refractivity contribution is 0.0954. The summed E-state index contributed by atoms with van der Waals surface area (Å²) in [5.74, 6) is 1.61. The Bertz CT molecular complexity index is 533. The van der Waals surface area contributed by atoms with E-state index in [2.05, 4.69) is 10.5 Å². The zero-order valence-corrected chi connectivity index (χ0v) is 12.8. The molecular weight excluding hydrogens is 260 g/mol. The number of nitrogens with one attached hydrogen (secondary N) is 1. The van der Waals surface area contributed by atoms with Crippen LogP contribution in [0, 0.1) is 18.8 Å². The maximum atomic E-state index is 12.1. The van der Waals surface area contributed by atoms with Gasteiger partial charge in [0.25, 0.3) is 5.91 Å². The first-order valence-corrected chi connectivity index (χ1v) is 8.15. The van der Waals surface area contributed by atoms with Gasteiger partial charge in [-0.25, -0.2) is 5.43 Å².